The lowest BCUT2D eigenvalue weighted by Gasteiger charge is -2.18. The SMILES string of the molecule is Cc1cc(C)c(-c2oc3c(C)c(C)c(C)c(C)c3c(=O)c2C)c(C)c1C. The van der Waals surface area contributed by atoms with Crippen LogP contribution < -0.4 is 5.43 Å². The third kappa shape index (κ3) is 2.43. The summed E-state index contributed by atoms with van der Waals surface area (Å²) in [6, 6.07) is 2.18. The standard InChI is InChI=1S/C24H28O2/c1-11-10-12(2)20(16(6)13(11)3)24-19(9)22(25)21-17(7)14(4)15(5)18(8)23(21)26-24/h10H,1-9H3. The summed E-state index contributed by atoms with van der Waals surface area (Å²) in [6.07, 6.45) is 0. The molecular weight excluding hydrogens is 320 g/mol. The first-order valence-electron chi connectivity index (χ1n) is 9.19. The molecule has 0 atom stereocenters. The van der Waals surface area contributed by atoms with Crippen molar-refractivity contribution in [3.63, 3.8) is 0 Å². The van der Waals surface area contributed by atoms with Gasteiger partial charge in [-0.3, -0.25) is 4.79 Å². The lowest BCUT2D eigenvalue weighted by molar-refractivity contribution is 0.609. The highest BCUT2D eigenvalue weighted by Crippen LogP contribution is 2.36. The topological polar surface area (TPSA) is 30.2 Å². The van der Waals surface area contributed by atoms with Gasteiger partial charge in [-0.05, 0) is 107 Å². The Kier molecular flexibility index (Phi) is 4.34. The Morgan fingerprint density at radius 3 is 1.81 bits per heavy atom. The van der Waals surface area contributed by atoms with Crippen molar-refractivity contribution in [2.45, 2.75) is 62.3 Å². The molecular formula is C24H28O2. The van der Waals surface area contributed by atoms with Gasteiger partial charge in [-0.1, -0.05) is 6.07 Å². The second-order valence-corrected chi connectivity index (χ2v) is 7.72. The van der Waals surface area contributed by atoms with Gasteiger partial charge in [0.15, 0.2) is 5.43 Å². The Balaban J connectivity index is 2.55. The first-order chi connectivity index (χ1) is 12.1. The molecule has 0 aliphatic rings. The van der Waals surface area contributed by atoms with E-state index in [-0.39, 0.29) is 5.43 Å². The number of fused-ring (bicyclic) bond motifs is 1. The van der Waals surface area contributed by atoms with Crippen LogP contribution >= 0.6 is 0 Å². The Morgan fingerprint density at radius 2 is 1.19 bits per heavy atom. The van der Waals surface area contributed by atoms with Crippen molar-refractivity contribution in [1.29, 1.82) is 0 Å². The van der Waals surface area contributed by atoms with E-state index >= 15 is 0 Å². The highest BCUT2D eigenvalue weighted by atomic mass is 16.3. The van der Waals surface area contributed by atoms with Crippen molar-refractivity contribution < 1.29 is 4.42 Å². The summed E-state index contributed by atoms with van der Waals surface area (Å²) in [5, 5.41) is 0.728. The summed E-state index contributed by atoms with van der Waals surface area (Å²) < 4.78 is 6.46. The van der Waals surface area contributed by atoms with Gasteiger partial charge >= 0.3 is 0 Å². The molecule has 136 valence electrons. The molecule has 0 aliphatic carbocycles. The molecule has 1 heterocycles. The minimum absolute atomic E-state index is 0.0852. The maximum absolute atomic E-state index is 13.3. The Bertz CT molecular complexity index is 1130. The molecule has 1 aromatic heterocycles. The van der Waals surface area contributed by atoms with Crippen molar-refractivity contribution >= 4 is 11.0 Å². The molecule has 0 amide bonds. The minimum atomic E-state index is 0.0852. The summed E-state index contributed by atoms with van der Waals surface area (Å²) in [5.41, 5.74) is 11.9. The van der Waals surface area contributed by atoms with Gasteiger partial charge in [0.2, 0.25) is 0 Å². The Labute approximate surface area is 155 Å². The lowest BCUT2D eigenvalue weighted by atomic mass is 9.90. The van der Waals surface area contributed by atoms with Crippen molar-refractivity contribution in [3.05, 3.63) is 66.4 Å². The van der Waals surface area contributed by atoms with Crippen LogP contribution in [0.2, 0.25) is 0 Å². The molecule has 0 spiro atoms. The number of hydrogen-bond acceptors (Lipinski definition) is 2. The predicted molar refractivity (Wildman–Crippen MR) is 111 cm³/mol. The van der Waals surface area contributed by atoms with Gasteiger partial charge in [-0.15, -0.1) is 0 Å². The maximum Gasteiger partial charge on any atom is 0.196 e. The zero-order chi connectivity index (χ0) is 19.5. The van der Waals surface area contributed by atoms with Crippen LogP contribution in [0.4, 0.5) is 0 Å². The number of benzene rings is 2. The molecule has 0 aliphatic heterocycles. The van der Waals surface area contributed by atoms with Gasteiger partial charge in [-0.2, -0.15) is 0 Å². The molecule has 0 unspecified atom stereocenters. The molecule has 2 aromatic carbocycles. The molecule has 0 N–H and O–H groups in total. The minimum Gasteiger partial charge on any atom is -0.455 e. The number of hydrogen-bond donors (Lipinski definition) is 0. The van der Waals surface area contributed by atoms with Gasteiger partial charge in [0.05, 0.1) is 5.39 Å². The highest BCUT2D eigenvalue weighted by molar-refractivity contribution is 5.88. The fourth-order valence-corrected chi connectivity index (χ4v) is 4.02. The zero-order valence-electron chi connectivity index (χ0n) is 17.4. The fraction of sp³-hybridized carbons (Fsp3) is 0.375. The van der Waals surface area contributed by atoms with Crippen LogP contribution in [0.25, 0.3) is 22.3 Å². The number of rotatable bonds is 1. The second kappa shape index (κ2) is 6.12. The summed E-state index contributed by atoms with van der Waals surface area (Å²) >= 11 is 0. The summed E-state index contributed by atoms with van der Waals surface area (Å²) in [5.74, 6) is 0.714. The molecule has 2 heteroatoms. The first kappa shape index (κ1) is 18.4. The van der Waals surface area contributed by atoms with Crippen LogP contribution in [-0.4, -0.2) is 0 Å². The third-order valence-corrected chi connectivity index (χ3v) is 6.33. The maximum atomic E-state index is 13.3. The number of aryl methyl sites for hydroxylation is 4. The molecule has 3 rings (SSSR count). The Morgan fingerprint density at radius 1 is 0.615 bits per heavy atom. The van der Waals surface area contributed by atoms with Crippen molar-refractivity contribution in [1.82, 2.24) is 0 Å². The van der Waals surface area contributed by atoms with Crippen molar-refractivity contribution in [3.8, 4) is 11.3 Å². The smallest absolute Gasteiger partial charge is 0.196 e. The summed E-state index contributed by atoms with van der Waals surface area (Å²) in [7, 11) is 0. The molecule has 0 saturated carbocycles. The fourth-order valence-electron chi connectivity index (χ4n) is 4.02. The van der Waals surface area contributed by atoms with E-state index in [0.29, 0.717) is 11.3 Å². The van der Waals surface area contributed by atoms with Crippen LogP contribution in [0.3, 0.4) is 0 Å². The largest absolute Gasteiger partial charge is 0.455 e. The van der Waals surface area contributed by atoms with Gasteiger partial charge in [-0.25, -0.2) is 0 Å². The molecule has 2 nitrogen and oxygen atoms in total. The Hall–Kier alpha value is -2.35. The van der Waals surface area contributed by atoms with E-state index < -0.39 is 0 Å². The van der Waals surface area contributed by atoms with Crippen LogP contribution in [0.15, 0.2) is 15.3 Å². The van der Waals surface area contributed by atoms with Gasteiger partial charge in [0.25, 0.3) is 0 Å². The molecule has 26 heavy (non-hydrogen) atoms. The van der Waals surface area contributed by atoms with E-state index in [1.54, 1.807) is 0 Å². The summed E-state index contributed by atoms with van der Waals surface area (Å²) in [6.45, 7) is 18.6. The van der Waals surface area contributed by atoms with E-state index in [4.69, 9.17) is 4.42 Å². The molecule has 0 saturated heterocycles. The van der Waals surface area contributed by atoms with Crippen LogP contribution in [0, 0.1) is 62.3 Å². The monoisotopic (exact) mass is 348 g/mol. The molecule has 0 fully saturated rings. The molecule has 0 bridgehead atoms. The van der Waals surface area contributed by atoms with E-state index in [0.717, 1.165) is 33.2 Å². The lowest BCUT2D eigenvalue weighted by Crippen LogP contribution is -2.12. The van der Waals surface area contributed by atoms with E-state index in [2.05, 4.69) is 47.6 Å². The second-order valence-electron chi connectivity index (χ2n) is 7.72. The van der Waals surface area contributed by atoms with Crippen LogP contribution in [0.5, 0.6) is 0 Å². The van der Waals surface area contributed by atoms with Crippen LogP contribution in [-0.2, 0) is 0 Å². The normalized spacial score (nSPS) is 11.4. The first-order valence-corrected chi connectivity index (χ1v) is 9.19. The average molecular weight is 348 g/mol. The molecule has 0 radical (unpaired) electrons. The highest BCUT2D eigenvalue weighted by Gasteiger charge is 2.21. The van der Waals surface area contributed by atoms with Crippen molar-refractivity contribution in [2.75, 3.05) is 0 Å². The average Bonchev–Trinajstić information content (AvgIpc) is 2.59. The van der Waals surface area contributed by atoms with Gasteiger partial charge in [0, 0.05) is 11.1 Å². The third-order valence-electron chi connectivity index (χ3n) is 6.33. The van der Waals surface area contributed by atoms with Gasteiger partial charge in [0.1, 0.15) is 11.3 Å². The van der Waals surface area contributed by atoms with E-state index in [1.807, 2.05) is 20.8 Å². The summed E-state index contributed by atoms with van der Waals surface area (Å²) in [4.78, 5) is 13.3. The van der Waals surface area contributed by atoms with E-state index in [9.17, 15) is 4.79 Å². The van der Waals surface area contributed by atoms with Gasteiger partial charge < -0.3 is 4.42 Å². The zero-order valence-corrected chi connectivity index (χ0v) is 17.4. The predicted octanol–water partition coefficient (Wildman–Crippen LogP) is 6.24. The van der Waals surface area contributed by atoms with Crippen molar-refractivity contribution in [2.24, 2.45) is 0 Å². The van der Waals surface area contributed by atoms with E-state index in [1.165, 1.54) is 27.8 Å². The quantitative estimate of drug-likeness (QED) is 0.521. The van der Waals surface area contributed by atoms with Crippen LogP contribution in [0.1, 0.15) is 50.1 Å². The molecule has 3 aromatic rings.